The minimum absolute atomic E-state index is 0.174. The molecule has 6 heteroatoms. The summed E-state index contributed by atoms with van der Waals surface area (Å²) in [7, 11) is 0. The molecule has 0 radical (unpaired) electrons. The zero-order valence-corrected chi connectivity index (χ0v) is 13.5. The predicted octanol–water partition coefficient (Wildman–Crippen LogP) is 2.24. The molecule has 1 unspecified atom stereocenters. The molecule has 0 fully saturated rings. The molecule has 0 aromatic carbocycles. The van der Waals surface area contributed by atoms with Gasteiger partial charge in [-0.2, -0.15) is 0 Å². The first-order valence-electron chi connectivity index (χ1n) is 7.78. The van der Waals surface area contributed by atoms with Crippen LogP contribution in [0.2, 0.25) is 0 Å². The van der Waals surface area contributed by atoms with E-state index in [4.69, 9.17) is 9.84 Å². The summed E-state index contributed by atoms with van der Waals surface area (Å²) in [5.74, 6) is -0.0274. The van der Waals surface area contributed by atoms with Crippen molar-refractivity contribution >= 4 is 12.0 Å². The Morgan fingerprint density at radius 3 is 2.38 bits per heavy atom. The highest BCUT2D eigenvalue weighted by molar-refractivity contribution is 5.73. The van der Waals surface area contributed by atoms with E-state index in [0.29, 0.717) is 44.6 Å². The number of carbonyl (C=O) groups excluding carboxylic acids is 1. The van der Waals surface area contributed by atoms with Crippen LogP contribution in [0.15, 0.2) is 0 Å². The fourth-order valence-electron chi connectivity index (χ4n) is 2.07. The normalized spacial score (nSPS) is 12.2. The van der Waals surface area contributed by atoms with Crippen molar-refractivity contribution in [3.63, 3.8) is 0 Å². The molecular formula is C15H30N2O4. The summed E-state index contributed by atoms with van der Waals surface area (Å²) in [5.41, 5.74) is 0. The molecule has 1 atom stereocenters. The van der Waals surface area contributed by atoms with Crippen molar-refractivity contribution in [3.05, 3.63) is 0 Å². The van der Waals surface area contributed by atoms with Crippen molar-refractivity contribution in [2.45, 2.75) is 46.5 Å². The minimum atomic E-state index is -0.763. The van der Waals surface area contributed by atoms with E-state index in [0.717, 1.165) is 12.8 Å². The van der Waals surface area contributed by atoms with Crippen LogP contribution >= 0.6 is 0 Å². The summed E-state index contributed by atoms with van der Waals surface area (Å²) in [6, 6.07) is -0.174. The highest BCUT2D eigenvalue weighted by atomic mass is 16.5. The van der Waals surface area contributed by atoms with Gasteiger partial charge in [-0.15, -0.1) is 0 Å². The Hall–Kier alpha value is -1.30. The zero-order valence-electron chi connectivity index (χ0n) is 13.5. The van der Waals surface area contributed by atoms with Gasteiger partial charge in [-0.25, -0.2) is 4.79 Å². The lowest BCUT2D eigenvalue weighted by atomic mass is 9.88. The van der Waals surface area contributed by atoms with Gasteiger partial charge in [0.05, 0.1) is 0 Å². The fraction of sp³-hybridized carbons (Fsp3) is 0.867. The lowest BCUT2D eigenvalue weighted by molar-refractivity contribution is -0.137. The van der Waals surface area contributed by atoms with Gasteiger partial charge < -0.3 is 20.5 Å². The number of ether oxygens (including phenoxy) is 1. The Balaban J connectivity index is 3.72. The summed E-state index contributed by atoms with van der Waals surface area (Å²) in [6.07, 6.45) is 2.45. The molecule has 0 saturated heterocycles. The monoisotopic (exact) mass is 302 g/mol. The van der Waals surface area contributed by atoms with Gasteiger partial charge in [-0.1, -0.05) is 13.8 Å². The second kappa shape index (κ2) is 12.4. The van der Waals surface area contributed by atoms with Crippen LogP contribution in [0.25, 0.3) is 0 Å². The van der Waals surface area contributed by atoms with Gasteiger partial charge in [0.15, 0.2) is 0 Å². The van der Waals surface area contributed by atoms with E-state index in [1.165, 1.54) is 0 Å². The Morgan fingerprint density at radius 1 is 1.14 bits per heavy atom. The van der Waals surface area contributed by atoms with E-state index >= 15 is 0 Å². The largest absolute Gasteiger partial charge is 0.481 e. The van der Waals surface area contributed by atoms with Gasteiger partial charge in [0.1, 0.15) is 0 Å². The molecule has 21 heavy (non-hydrogen) atoms. The molecule has 6 nitrogen and oxygen atoms in total. The van der Waals surface area contributed by atoms with E-state index < -0.39 is 5.97 Å². The minimum Gasteiger partial charge on any atom is -0.481 e. The summed E-state index contributed by atoms with van der Waals surface area (Å²) >= 11 is 0. The average molecular weight is 302 g/mol. The van der Waals surface area contributed by atoms with Gasteiger partial charge >= 0.3 is 12.0 Å². The van der Waals surface area contributed by atoms with Gasteiger partial charge in [0.25, 0.3) is 0 Å². The van der Waals surface area contributed by atoms with E-state index in [1.54, 1.807) is 0 Å². The van der Waals surface area contributed by atoms with Crippen molar-refractivity contribution in [3.8, 4) is 0 Å². The standard InChI is InChI=1S/C15H30N2O4/c1-4-21-11-5-9-16-15(20)17-10-8-13(12(2)3)6-7-14(18)19/h12-13H,4-11H2,1-3H3,(H,18,19)(H2,16,17,20). The predicted molar refractivity (Wildman–Crippen MR) is 82.3 cm³/mol. The SMILES string of the molecule is CCOCCCNC(=O)NCCC(CCC(=O)O)C(C)C. The number of hydrogen-bond acceptors (Lipinski definition) is 3. The Bertz CT molecular complexity index is 295. The number of aliphatic carboxylic acids is 1. The molecule has 0 rings (SSSR count). The summed E-state index contributed by atoms with van der Waals surface area (Å²) in [4.78, 5) is 22.1. The molecule has 0 spiro atoms. The average Bonchev–Trinajstić information content (AvgIpc) is 2.41. The van der Waals surface area contributed by atoms with E-state index in [2.05, 4.69) is 24.5 Å². The van der Waals surface area contributed by atoms with Gasteiger partial charge in [-0.05, 0) is 38.0 Å². The van der Waals surface area contributed by atoms with Crippen LogP contribution in [-0.4, -0.2) is 43.4 Å². The summed E-state index contributed by atoms with van der Waals surface area (Å²) in [5, 5.41) is 14.3. The smallest absolute Gasteiger partial charge is 0.314 e. The maximum Gasteiger partial charge on any atom is 0.314 e. The van der Waals surface area contributed by atoms with Crippen molar-refractivity contribution in [1.82, 2.24) is 10.6 Å². The molecule has 0 bridgehead atoms. The molecular weight excluding hydrogens is 272 g/mol. The molecule has 2 amide bonds. The van der Waals surface area contributed by atoms with Crippen molar-refractivity contribution < 1.29 is 19.4 Å². The molecule has 0 heterocycles. The third-order valence-electron chi connectivity index (χ3n) is 3.43. The first-order chi connectivity index (χ1) is 9.97. The van der Waals surface area contributed by atoms with Crippen LogP contribution in [0.4, 0.5) is 4.79 Å². The summed E-state index contributed by atoms with van der Waals surface area (Å²) < 4.78 is 5.18. The van der Waals surface area contributed by atoms with Gasteiger partial charge in [-0.3, -0.25) is 4.79 Å². The number of amides is 2. The second-order valence-corrected chi connectivity index (χ2v) is 5.46. The molecule has 0 aromatic rings. The van der Waals surface area contributed by atoms with Crippen LogP contribution in [0, 0.1) is 11.8 Å². The first-order valence-corrected chi connectivity index (χ1v) is 7.78. The van der Waals surface area contributed by atoms with Gasteiger partial charge in [0, 0.05) is 32.7 Å². The molecule has 0 saturated carbocycles. The summed E-state index contributed by atoms with van der Waals surface area (Å²) in [6.45, 7) is 8.62. The number of urea groups is 1. The highest BCUT2D eigenvalue weighted by Gasteiger charge is 2.15. The number of rotatable bonds is 12. The lowest BCUT2D eigenvalue weighted by Gasteiger charge is -2.20. The van der Waals surface area contributed by atoms with E-state index in [9.17, 15) is 9.59 Å². The van der Waals surface area contributed by atoms with Crippen LogP contribution in [0.5, 0.6) is 0 Å². The molecule has 0 aromatic heterocycles. The molecule has 0 aliphatic heterocycles. The zero-order chi connectivity index (χ0) is 16.1. The van der Waals surface area contributed by atoms with Crippen molar-refractivity contribution in [1.29, 1.82) is 0 Å². The Labute approximate surface area is 127 Å². The third kappa shape index (κ3) is 12.2. The van der Waals surface area contributed by atoms with Crippen LogP contribution in [0.1, 0.15) is 46.5 Å². The molecule has 0 aliphatic carbocycles. The fourth-order valence-corrected chi connectivity index (χ4v) is 2.07. The van der Waals surface area contributed by atoms with Crippen LogP contribution < -0.4 is 10.6 Å². The van der Waals surface area contributed by atoms with E-state index in [1.807, 2.05) is 6.92 Å². The van der Waals surface area contributed by atoms with Crippen molar-refractivity contribution in [2.75, 3.05) is 26.3 Å². The number of hydrogen-bond donors (Lipinski definition) is 3. The highest BCUT2D eigenvalue weighted by Crippen LogP contribution is 2.20. The maximum atomic E-state index is 11.5. The van der Waals surface area contributed by atoms with Crippen LogP contribution in [0.3, 0.4) is 0 Å². The number of carboxylic acids is 1. The molecule has 124 valence electrons. The van der Waals surface area contributed by atoms with Crippen molar-refractivity contribution in [2.24, 2.45) is 11.8 Å². The van der Waals surface area contributed by atoms with E-state index in [-0.39, 0.29) is 12.5 Å². The quantitative estimate of drug-likeness (QED) is 0.482. The molecule has 3 N–H and O–H groups in total. The number of nitrogens with one attached hydrogen (secondary N) is 2. The maximum absolute atomic E-state index is 11.5. The number of carboxylic acid groups (broad SMARTS) is 1. The molecule has 0 aliphatic rings. The first kappa shape index (κ1) is 19.7. The van der Waals surface area contributed by atoms with Gasteiger partial charge in [0.2, 0.25) is 0 Å². The second-order valence-electron chi connectivity index (χ2n) is 5.46. The third-order valence-corrected chi connectivity index (χ3v) is 3.43. The van der Waals surface area contributed by atoms with Crippen LogP contribution in [-0.2, 0) is 9.53 Å². The topological polar surface area (TPSA) is 87.7 Å². The Morgan fingerprint density at radius 2 is 1.81 bits per heavy atom. The lowest BCUT2D eigenvalue weighted by Crippen LogP contribution is -2.37. The number of carbonyl (C=O) groups is 2. The Kier molecular flexibility index (Phi) is 11.7.